The van der Waals surface area contributed by atoms with Crippen LogP contribution in [0.15, 0.2) is 24.3 Å². The van der Waals surface area contributed by atoms with E-state index in [9.17, 15) is 10.1 Å². The molecule has 0 radical (unpaired) electrons. The van der Waals surface area contributed by atoms with E-state index in [1.165, 1.54) is 0 Å². The van der Waals surface area contributed by atoms with E-state index in [2.05, 4.69) is 32.0 Å². The first kappa shape index (κ1) is 23.6. The van der Waals surface area contributed by atoms with Crippen molar-refractivity contribution in [1.29, 1.82) is 5.26 Å². The summed E-state index contributed by atoms with van der Waals surface area (Å²) in [4.78, 5) is 21.1. The van der Waals surface area contributed by atoms with E-state index in [4.69, 9.17) is 16.3 Å². The number of hydrogen-bond acceptors (Lipinski definition) is 7. The minimum atomic E-state index is -0.568. The SMILES string of the molecule is Cc1cccc(Nc2nc(N[C@@H]3CCCC[C@@H]3NC(=O)OC(C)(C)C)nc(Cl)c2C#N)c1. The summed E-state index contributed by atoms with van der Waals surface area (Å²) in [7, 11) is 0. The van der Waals surface area contributed by atoms with Crippen LogP contribution in [0.5, 0.6) is 0 Å². The fourth-order valence-corrected chi connectivity index (χ4v) is 3.86. The van der Waals surface area contributed by atoms with E-state index in [-0.39, 0.29) is 22.8 Å². The van der Waals surface area contributed by atoms with Crippen LogP contribution < -0.4 is 16.0 Å². The molecule has 1 aliphatic rings. The zero-order chi connectivity index (χ0) is 23.3. The van der Waals surface area contributed by atoms with Gasteiger partial charge in [0.05, 0.1) is 6.04 Å². The average molecular weight is 457 g/mol. The number of nitrogens with zero attached hydrogens (tertiary/aromatic N) is 3. The van der Waals surface area contributed by atoms with Crippen LogP contribution in [0.2, 0.25) is 5.15 Å². The summed E-state index contributed by atoms with van der Waals surface area (Å²) >= 11 is 6.30. The molecule has 1 saturated carbocycles. The lowest BCUT2D eigenvalue weighted by atomic mass is 9.90. The normalized spacial score (nSPS) is 18.4. The number of carbonyl (C=O) groups is 1. The molecule has 2 aromatic rings. The highest BCUT2D eigenvalue weighted by molar-refractivity contribution is 6.31. The van der Waals surface area contributed by atoms with Crippen molar-refractivity contribution in [3.05, 3.63) is 40.5 Å². The van der Waals surface area contributed by atoms with Crippen molar-refractivity contribution in [2.24, 2.45) is 0 Å². The van der Waals surface area contributed by atoms with Crippen molar-refractivity contribution in [2.45, 2.75) is 71.1 Å². The van der Waals surface area contributed by atoms with Crippen LogP contribution in [0.4, 0.5) is 22.2 Å². The van der Waals surface area contributed by atoms with Crippen LogP contribution in [-0.2, 0) is 4.74 Å². The van der Waals surface area contributed by atoms with E-state index >= 15 is 0 Å². The Labute approximate surface area is 193 Å². The summed E-state index contributed by atoms with van der Waals surface area (Å²) in [5.74, 6) is 0.625. The summed E-state index contributed by atoms with van der Waals surface area (Å²) in [5.41, 5.74) is 1.47. The highest BCUT2D eigenvalue weighted by Gasteiger charge is 2.29. The average Bonchev–Trinajstić information content (AvgIpc) is 2.68. The topological polar surface area (TPSA) is 112 Å². The number of aromatic nitrogens is 2. The van der Waals surface area contributed by atoms with E-state index in [1.54, 1.807) is 0 Å². The van der Waals surface area contributed by atoms with Gasteiger partial charge in [-0.25, -0.2) is 4.79 Å². The monoisotopic (exact) mass is 456 g/mol. The van der Waals surface area contributed by atoms with Gasteiger partial charge in [-0.3, -0.25) is 0 Å². The first-order chi connectivity index (χ1) is 15.1. The molecular formula is C23H29ClN6O2. The fraction of sp³-hybridized carbons (Fsp3) is 0.478. The highest BCUT2D eigenvalue weighted by atomic mass is 35.5. The molecule has 170 valence electrons. The largest absolute Gasteiger partial charge is 0.444 e. The molecule has 3 N–H and O–H groups in total. The smallest absolute Gasteiger partial charge is 0.407 e. The summed E-state index contributed by atoms with van der Waals surface area (Å²) in [6, 6.07) is 9.58. The molecule has 1 heterocycles. The quantitative estimate of drug-likeness (QED) is 0.523. The number of halogens is 1. The predicted molar refractivity (Wildman–Crippen MR) is 125 cm³/mol. The maximum absolute atomic E-state index is 12.3. The van der Waals surface area contributed by atoms with Crippen molar-refractivity contribution in [3.8, 4) is 6.07 Å². The van der Waals surface area contributed by atoms with Crippen molar-refractivity contribution >= 4 is 35.1 Å². The van der Waals surface area contributed by atoms with Crippen LogP contribution in [0.1, 0.15) is 57.6 Å². The number of anilines is 3. The Morgan fingerprint density at radius 3 is 2.59 bits per heavy atom. The number of rotatable bonds is 5. The Kier molecular flexibility index (Phi) is 7.41. The number of carbonyl (C=O) groups excluding carboxylic acids is 1. The molecule has 1 aromatic heterocycles. The lowest BCUT2D eigenvalue weighted by molar-refractivity contribution is 0.0488. The standard InChI is InChI=1S/C23H29ClN6O2/c1-14-8-7-9-15(12-14)26-20-16(13-25)19(24)29-21(30-20)27-17-10-5-6-11-18(17)28-22(31)32-23(2,3)4/h7-9,12,17-18H,5-6,10-11H2,1-4H3,(H,28,31)(H2,26,27,29,30)/t17-,18+/m1/s1. The first-order valence-electron chi connectivity index (χ1n) is 10.7. The molecule has 1 aliphatic carbocycles. The van der Waals surface area contributed by atoms with E-state index in [0.717, 1.165) is 36.9 Å². The van der Waals surface area contributed by atoms with Gasteiger partial charge < -0.3 is 20.7 Å². The van der Waals surface area contributed by atoms with Crippen LogP contribution in [0, 0.1) is 18.3 Å². The third kappa shape index (κ3) is 6.47. The molecule has 32 heavy (non-hydrogen) atoms. The minimum Gasteiger partial charge on any atom is -0.444 e. The van der Waals surface area contributed by atoms with E-state index in [0.29, 0.717) is 11.8 Å². The summed E-state index contributed by atoms with van der Waals surface area (Å²) < 4.78 is 5.41. The second-order valence-electron chi connectivity index (χ2n) is 8.96. The van der Waals surface area contributed by atoms with Gasteiger partial charge in [-0.1, -0.05) is 36.6 Å². The molecule has 1 amide bonds. The first-order valence-corrected chi connectivity index (χ1v) is 11.1. The van der Waals surface area contributed by atoms with Crippen LogP contribution >= 0.6 is 11.6 Å². The summed E-state index contributed by atoms with van der Waals surface area (Å²) in [5, 5.41) is 19.0. The number of nitriles is 1. The number of aryl methyl sites for hydroxylation is 1. The molecule has 9 heteroatoms. The second kappa shape index (κ2) is 10.0. The molecule has 0 saturated heterocycles. The maximum Gasteiger partial charge on any atom is 0.407 e. The lowest BCUT2D eigenvalue weighted by Crippen LogP contribution is -2.50. The summed E-state index contributed by atoms with van der Waals surface area (Å²) in [6.07, 6.45) is 3.23. The number of amides is 1. The number of alkyl carbamates (subject to hydrolysis) is 1. The minimum absolute atomic E-state index is 0.0626. The third-order valence-corrected chi connectivity index (χ3v) is 5.31. The van der Waals surface area contributed by atoms with Crippen LogP contribution in [0.25, 0.3) is 0 Å². The number of nitrogens with one attached hydrogen (secondary N) is 3. The number of benzene rings is 1. The van der Waals surface area contributed by atoms with Crippen molar-refractivity contribution < 1.29 is 9.53 Å². The zero-order valence-electron chi connectivity index (χ0n) is 18.8. The Balaban J connectivity index is 1.79. The van der Waals surface area contributed by atoms with Gasteiger partial charge in [-0.2, -0.15) is 15.2 Å². The lowest BCUT2D eigenvalue weighted by Gasteiger charge is -2.33. The molecule has 1 aromatic carbocycles. The predicted octanol–water partition coefficient (Wildman–Crippen LogP) is 5.30. The van der Waals surface area contributed by atoms with Gasteiger partial charge >= 0.3 is 6.09 Å². The molecule has 0 aliphatic heterocycles. The van der Waals surface area contributed by atoms with Gasteiger partial charge in [0.1, 0.15) is 17.2 Å². The molecule has 3 rings (SSSR count). The molecular weight excluding hydrogens is 428 g/mol. The molecule has 0 unspecified atom stereocenters. The third-order valence-electron chi connectivity index (χ3n) is 5.04. The highest BCUT2D eigenvalue weighted by Crippen LogP contribution is 2.28. The van der Waals surface area contributed by atoms with Gasteiger partial charge in [0, 0.05) is 11.7 Å². The van der Waals surface area contributed by atoms with Crippen molar-refractivity contribution in [1.82, 2.24) is 15.3 Å². The molecule has 8 nitrogen and oxygen atoms in total. The maximum atomic E-state index is 12.3. The van der Waals surface area contributed by atoms with Gasteiger partial charge in [0.25, 0.3) is 0 Å². The van der Waals surface area contributed by atoms with Gasteiger partial charge in [0.2, 0.25) is 5.95 Å². The van der Waals surface area contributed by atoms with Crippen LogP contribution in [0.3, 0.4) is 0 Å². The van der Waals surface area contributed by atoms with Gasteiger partial charge in [-0.05, 0) is 58.2 Å². The number of ether oxygens (including phenoxy) is 1. The Morgan fingerprint density at radius 1 is 1.22 bits per heavy atom. The van der Waals surface area contributed by atoms with Gasteiger partial charge in [-0.15, -0.1) is 0 Å². The van der Waals surface area contributed by atoms with Crippen molar-refractivity contribution in [3.63, 3.8) is 0 Å². The van der Waals surface area contributed by atoms with Crippen LogP contribution in [-0.4, -0.2) is 33.7 Å². The number of hydrogen-bond donors (Lipinski definition) is 3. The molecule has 2 atom stereocenters. The Hall–Kier alpha value is -3.05. The van der Waals surface area contributed by atoms with E-state index < -0.39 is 11.7 Å². The Bertz CT molecular complexity index is 1010. The van der Waals surface area contributed by atoms with Crippen molar-refractivity contribution in [2.75, 3.05) is 10.6 Å². The zero-order valence-corrected chi connectivity index (χ0v) is 19.6. The second-order valence-corrected chi connectivity index (χ2v) is 9.31. The molecule has 0 bridgehead atoms. The Morgan fingerprint density at radius 2 is 1.94 bits per heavy atom. The van der Waals surface area contributed by atoms with E-state index in [1.807, 2.05) is 52.0 Å². The summed E-state index contributed by atoms with van der Waals surface area (Å²) in [6.45, 7) is 7.48. The van der Waals surface area contributed by atoms with Gasteiger partial charge in [0.15, 0.2) is 11.0 Å². The molecule has 0 spiro atoms. The molecule has 1 fully saturated rings. The fourth-order valence-electron chi connectivity index (χ4n) is 3.65.